The molecule has 0 unspecified atom stereocenters. The van der Waals surface area contributed by atoms with E-state index < -0.39 is 17.8 Å². The van der Waals surface area contributed by atoms with Gasteiger partial charge < -0.3 is 4.74 Å². The number of barbiturate groups is 1. The summed E-state index contributed by atoms with van der Waals surface area (Å²) in [6, 6.07) is 20.2. The van der Waals surface area contributed by atoms with Crippen LogP contribution >= 0.6 is 31.9 Å². The molecule has 168 valence electrons. The van der Waals surface area contributed by atoms with Gasteiger partial charge in [0.05, 0.1) is 21.8 Å². The van der Waals surface area contributed by atoms with E-state index in [1.165, 1.54) is 6.08 Å². The standard InChI is InChI=1S/C25H15Br2N3O4/c26-18-6-3-7-19(12-18)30-24(32)20(23(31)29-25(30)33)10-15-8-9-22(21(27)11-15)34-14-17-5-2-1-4-16(17)13-28/h1-12H,14H2,(H,29,31,33)/b20-10+. The zero-order chi connectivity index (χ0) is 24.2. The molecule has 1 aliphatic rings. The maximum Gasteiger partial charge on any atom is 0.335 e. The van der Waals surface area contributed by atoms with Crippen molar-refractivity contribution < 1.29 is 19.1 Å². The van der Waals surface area contributed by atoms with Gasteiger partial charge in [0.25, 0.3) is 11.8 Å². The Morgan fingerprint density at radius 3 is 2.53 bits per heavy atom. The summed E-state index contributed by atoms with van der Waals surface area (Å²) in [4.78, 5) is 38.7. The van der Waals surface area contributed by atoms with E-state index in [4.69, 9.17) is 4.74 Å². The molecule has 34 heavy (non-hydrogen) atoms. The van der Waals surface area contributed by atoms with Gasteiger partial charge in [-0.3, -0.25) is 14.9 Å². The molecule has 1 N–H and O–H groups in total. The van der Waals surface area contributed by atoms with Gasteiger partial charge in [-0.2, -0.15) is 5.26 Å². The molecule has 0 aliphatic carbocycles. The lowest BCUT2D eigenvalue weighted by molar-refractivity contribution is -0.122. The number of urea groups is 1. The highest BCUT2D eigenvalue weighted by Gasteiger charge is 2.36. The Labute approximate surface area is 211 Å². The molecule has 1 fully saturated rings. The van der Waals surface area contributed by atoms with E-state index >= 15 is 0 Å². The van der Waals surface area contributed by atoms with E-state index in [0.29, 0.717) is 31.5 Å². The summed E-state index contributed by atoms with van der Waals surface area (Å²) in [6.07, 6.45) is 1.41. The molecule has 1 aliphatic heterocycles. The number of hydrogen-bond acceptors (Lipinski definition) is 5. The lowest BCUT2D eigenvalue weighted by atomic mass is 10.1. The van der Waals surface area contributed by atoms with Crippen LogP contribution in [0.4, 0.5) is 10.5 Å². The van der Waals surface area contributed by atoms with Crippen molar-refractivity contribution in [2.75, 3.05) is 4.90 Å². The molecular weight excluding hydrogens is 566 g/mol. The summed E-state index contributed by atoms with van der Waals surface area (Å²) in [5.41, 5.74) is 2.00. The molecule has 0 atom stereocenters. The van der Waals surface area contributed by atoms with Crippen LogP contribution in [-0.4, -0.2) is 17.8 Å². The van der Waals surface area contributed by atoms with Crippen molar-refractivity contribution in [3.05, 3.63) is 97.9 Å². The summed E-state index contributed by atoms with van der Waals surface area (Å²) in [5.74, 6) is -0.970. The van der Waals surface area contributed by atoms with Crippen LogP contribution < -0.4 is 15.0 Å². The van der Waals surface area contributed by atoms with Crippen LogP contribution in [0.25, 0.3) is 6.08 Å². The Morgan fingerprint density at radius 1 is 1.00 bits per heavy atom. The fraction of sp³-hybridized carbons (Fsp3) is 0.0400. The van der Waals surface area contributed by atoms with Crippen LogP contribution in [0.5, 0.6) is 5.75 Å². The van der Waals surface area contributed by atoms with Crippen molar-refractivity contribution >= 4 is 61.5 Å². The second kappa shape index (κ2) is 10.0. The van der Waals surface area contributed by atoms with Crippen molar-refractivity contribution in [1.29, 1.82) is 5.26 Å². The number of nitrogens with zero attached hydrogens (tertiary/aromatic N) is 2. The van der Waals surface area contributed by atoms with E-state index in [1.807, 2.05) is 12.1 Å². The van der Waals surface area contributed by atoms with Crippen LogP contribution in [-0.2, 0) is 16.2 Å². The zero-order valence-corrected chi connectivity index (χ0v) is 20.6. The van der Waals surface area contributed by atoms with Crippen LogP contribution in [0.3, 0.4) is 0 Å². The highest BCUT2D eigenvalue weighted by Crippen LogP contribution is 2.29. The van der Waals surface area contributed by atoms with Crippen molar-refractivity contribution in [3.63, 3.8) is 0 Å². The van der Waals surface area contributed by atoms with Gasteiger partial charge in [0.1, 0.15) is 17.9 Å². The summed E-state index contributed by atoms with van der Waals surface area (Å²) in [6.45, 7) is 0.202. The maximum atomic E-state index is 13.0. The fourth-order valence-corrected chi connectivity index (χ4v) is 4.21. The van der Waals surface area contributed by atoms with Gasteiger partial charge in [0.2, 0.25) is 0 Å². The van der Waals surface area contributed by atoms with E-state index in [9.17, 15) is 19.6 Å². The first kappa shape index (κ1) is 23.4. The second-order valence-electron chi connectivity index (χ2n) is 7.19. The third kappa shape index (κ3) is 4.93. The largest absolute Gasteiger partial charge is 0.488 e. The number of carbonyl (C=O) groups is 3. The van der Waals surface area contributed by atoms with Crippen LogP contribution in [0.1, 0.15) is 16.7 Å². The van der Waals surface area contributed by atoms with Gasteiger partial charge in [0.15, 0.2) is 0 Å². The van der Waals surface area contributed by atoms with Gasteiger partial charge in [-0.15, -0.1) is 0 Å². The van der Waals surface area contributed by atoms with E-state index in [0.717, 1.165) is 10.5 Å². The van der Waals surface area contributed by atoms with E-state index in [2.05, 4.69) is 43.2 Å². The van der Waals surface area contributed by atoms with Crippen LogP contribution in [0.15, 0.2) is 81.2 Å². The number of ether oxygens (including phenoxy) is 1. The Hall–Kier alpha value is -3.74. The SMILES string of the molecule is N#Cc1ccccc1COc1ccc(/C=C2\C(=O)NC(=O)N(c3cccc(Br)c3)C2=O)cc1Br. The highest BCUT2D eigenvalue weighted by molar-refractivity contribution is 9.10. The molecule has 3 aromatic rings. The molecule has 0 saturated carbocycles. The first-order valence-corrected chi connectivity index (χ1v) is 11.5. The van der Waals surface area contributed by atoms with Crippen molar-refractivity contribution in [1.82, 2.24) is 5.32 Å². The van der Waals surface area contributed by atoms with Crippen molar-refractivity contribution in [3.8, 4) is 11.8 Å². The number of anilines is 1. The molecule has 0 aromatic heterocycles. The smallest absolute Gasteiger partial charge is 0.335 e. The predicted molar refractivity (Wildman–Crippen MR) is 133 cm³/mol. The lowest BCUT2D eigenvalue weighted by Crippen LogP contribution is -2.54. The lowest BCUT2D eigenvalue weighted by Gasteiger charge is -2.26. The number of amides is 4. The number of nitrogens with one attached hydrogen (secondary N) is 1. The molecular formula is C25H15Br2N3O4. The molecule has 4 amide bonds. The molecule has 3 aromatic carbocycles. The Balaban J connectivity index is 1.57. The average molecular weight is 581 g/mol. The van der Waals surface area contributed by atoms with Gasteiger partial charge in [-0.25, -0.2) is 9.69 Å². The molecule has 4 rings (SSSR count). The third-order valence-electron chi connectivity index (χ3n) is 4.96. The number of halogens is 2. The Kier molecular flexibility index (Phi) is 6.91. The first-order valence-electron chi connectivity index (χ1n) is 9.95. The van der Waals surface area contributed by atoms with E-state index in [1.54, 1.807) is 54.6 Å². The normalized spacial score (nSPS) is 14.7. The average Bonchev–Trinajstić information content (AvgIpc) is 2.81. The minimum Gasteiger partial charge on any atom is -0.488 e. The predicted octanol–water partition coefficient (Wildman–Crippen LogP) is 5.33. The minimum atomic E-state index is -0.812. The summed E-state index contributed by atoms with van der Waals surface area (Å²) >= 11 is 6.76. The number of benzene rings is 3. The van der Waals surface area contributed by atoms with Gasteiger partial charge >= 0.3 is 6.03 Å². The van der Waals surface area contributed by atoms with Crippen LogP contribution in [0, 0.1) is 11.3 Å². The molecule has 7 nitrogen and oxygen atoms in total. The maximum absolute atomic E-state index is 13.0. The monoisotopic (exact) mass is 579 g/mol. The molecule has 0 spiro atoms. The molecule has 0 radical (unpaired) electrons. The third-order valence-corrected chi connectivity index (χ3v) is 6.07. The molecule has 1 heterocycles. The summed E-state index contributed by atoms with van der Waals surface area (Å²) in [7, 11) is 0. The number of nitriles is 1. The van der Waals surface area contributed by atoms with E-state index in [-0.39, 0.29) is 12.2 Å². The summed E-state index contributed by atoms with van der Waals surface area (Å²) < 4.78 is 7.11. The zero-order valence-electron chi connectivity index (χ0n) is 17.4. The molecule has 9 heteroatoms. The number of rotatable bonds is 5. The molecule has 0 bridgehead atoms. The van der Waals surface area contributed by atoms with Crippen molar-refractivity contribution in [2.24, 2.45) is 0 Å². The molecule has 1 saturated heterocycles. The number of imide groups is 2. The Bertz CT molecular complexity index is 1390. The minimum absolute atomic E-state index is 0.178. The van der Waals surface area contributed by atoms with Crippen molar-refractivity contribution in [2.45, 2.75) is 6.61 Å². The number of hydrogen-bond donors (Lipinski definition) is 1. The van der Waals surface area contributed by atoms with Gasteiger partial charge in [-0.1, -0.05) is 46.3 Å². The second-order valence-corrected chi connectivity index (χ2v) is 8.96. The van der Waals surface area contributed by atoms with Gasteiger partial charge in [-0.05, 0) is 64.0 Å². The first-order chi connectivity index (χ1) is 16.4. The van der Waals surface area contributed by atoms with Crippen LogP contribution in [0.2, 0.25) is 0 Å². The fourth-order valence-electron chi connectivity index (χ4n) is 3.31. The summed E-state index contributed by atoms with van der Waals surface area (Å²) in [5, 5.41) is 11.4. The highest BCUT2D eigenvalue weighted by atomic mass is 79.9. The quantitative estimate of drug-likeness (QED) is 0.325. The Morgan fingerprint density at radius 2 is 1.79 bits per heavy atom. The number of carbonyl (C=O) groups excluding carboxylic acids is 3. The van der Waals surface area contributed by atoms with Gasteiger partial charge in [0, 0.05) is 10.0 Å². The topological polar surface area (TPSA) is 99.5 Å².